The summed E-state index contributed by atoms with van der Waals surface area (Å²) in [4.78, 5) is 10.7. The first-order valence-corrected chi connectivity index (χ1v) is 8.03. The lowest BCUT2D eigenvalue weighted by Gasteiger charge is -2.30. The van der Waals surface area contributed by atoms with E-state index in [1.807, 2.05) is 4.57 Å². The van der Waals surface area contributed by atoms with E-state index in [-0.39, 0.29) is 18.4 Å². The Morgan fingerprint density at radius 3 is 2.90 bits per heavy atom. The van der Waals surface area contributed by atoms with Gasteiger partial charge < -0.3 is 14.8 Å². The summed E-state index contributed by atoms with van der Waals surface area (Å²) in [6, 6.07) is 0.280. The molecule has 1 saturated carbocycles. The van der Waals surface area contributed by atoms with Crippen molar-refractivity contribution in [1.29, 1.82) is 0 Å². The first kappa shape index (κ1) is 15.3. The molecule has 7 heteroatoms. The van der Waals surface area contributed by atoms with Crippen molar-refractivity contribution in [3.05, 3.63) is 5.82 Å². The first-order chi connectivity index (χ1) is 9.65. The number of carboxylic acids is 1. The van der Waals surface area contributed by atoms with Gasteiger partial charge in [0.1, 0.15) is 6.61 Å². The third kappa shape index (κ3) is 3.52. The fourth-order valence-corrected chi connectivity index (χ4v) is 3.62. The Labute approximate surface area is 122 Å². The SMILES string of the molecule is CCC1CCCC(n2c(CO)nnc2SCC(=O)O)C1. The summed E-state index contributed by atoms with van der Waals surface area (Å²) in [5.74, 6) is 0.331. The standard InChI is InChI=1S/C13H21N3O3S/c1-2-9-4-3-5-10(6-9)16-11(7-17)14-15-13(16)20-8-12(18)19/h9-10,17H,2-8H2,1H3,(H,18,19). The van der Waals surface area contributed by atoms with Gasteiger partial charge in [-0.25, -0.2) is 0 Å². The van der Waals surface area contributed by atoms with Crippen molar-refractivity contribution in [2.24, 2.45) is 5.92 Å². The Morgan fingerprint density at radius 1 is 1.45 bits per heavy atom. The fraction of sp³-hybridized carbons (Fsp3) is 0.769. The number of aliphatic hydroxyl groups is 1. The lowest BCUT2D eigenvalue weighted by atomic mass is 9.84. The van der Waals surface area contributed by atoms with E-state index in [1.54, 1.807) is 0 Å². The number of hydrogen-bond donors (Lipinski definition) is 2. The molecule has 0 spiro atoms. The maximum Gasteiger partial charge on any atom is 0.313 e. The monoisotopic (exact) mass is 299 g/mol. The molecule has 0 aromatic carbocycles. The molecule has 0 radical (unpaired) electrons. The highest BCUT2D eigenvalue weighted by molar-refractivity contribution is 7.99. The highest BCUT2D eigenvalue weighted by Gasteiger charge is 2.26. The first-order valence-electron chi connectivity index (χ1n) is 7.04. The number of hydrogen-bond acceptors (Lipinski definition) is 5. The van der Waals surface area contributed by atoms with Gasteiger partial charge in [-0.2, -0.15) is 0 Å². The van der Waals surface area contributed by atoms with Gasteiger partial charge in [-0.3, -0.25) is 4.79 Å². The smallest absolute Gasteiger partial charge is 0.313 e. The number of nitrogens with zero attached hydrogens (tertiary/aromatic N) is 3. The molecule has 0 aliphatic heterocycles. The van der Waals surface area contributed by atoms with Crippen LogP contribution in [0.5, 0.6) is 0 Å². The Hall–Kier alpha value is -1.08. The molecular formula is C13H21N3O3S. The molecule has 1 fully saturated rings. The molecule has 1 aromatic rings. The second kappa shape index (κ2) is 7.08. The molecule has 2 unspecified atom stereocenters. The molecule has 1 aliphatic carbocycles. The summed E-state index contributed by atoms with van der Waals surface area (Å²) in [6.45, 7) is 2.04. The highest BCUT2D eigenvalue weighted by atomic mass is 32.2. The minimum atomic E-state index is -0.870. The summed E-state index contributed by atoms with van der Waals surface area (Å²) in [5.41, 5.74) is 0. The number of aromatic nitrogens is 3. The van der Waals surface area contributed by atoms with Gasteiger partial charge in [0.05, 0.1) is 5.75 Å². The van der Waals surface area contributed by atoms with E-state index in [0.717, 1.165) is 25.7 Å². The molecule has 1 aliphatic rings. The number of carbonyl (C=O) groups is 1. The zero-order valence-corrected chi connectivity index (χ0v) is 12.5. The highest BCUT2D eigenvalue weighted by Crippen LogP contribution is 2.36. The van der Waals surface area contributed by atoms with Gasteiger partial charge in [0.2, 0.25) is 0 Å². The molecule has 6 nitrogen and oxygen atoms in total. The quantitative estimate of drug-likeness (QED) is 0.782. The van der Waals surface area contributed by atoms with Gasteiger partial charge in [-0.1, -0.05) is 37.9 Å². The fourth-order valence-electron chi connectivity index (χ4n) is 2.87. The molecule has 2 N–H and O–H groups in total. The van der Waals surface area contributed by atoms with Gasteiger partial charge in [-0.05, 0) is 18.8 Å². The maximum atomic E-state index is 10.7. The van der Waals surface area contributed by atoms with Crippen LogP contribution >= 0.6 is 11.8 Å². The number of rotatable bonds is 6. The zero-order valence-electron chi connectivity index (χ0n) is 11.7. The van der Waals surface area contributed by atoms with Gasteiger partial charge in [-0.15, -0.1) is 10.2 Å². The lowest BCUT2D eigenvalue weighted by Crippen LogP contribution is -2.21. The molecule has 2 rings (SSSR count). The average Bonchev–Trinajstić information content (AvgIpc) is 2.88. The van der Waals surface area contributed by atoms with Gasteiger partial charge >= 0.3 is 5.97 Å². The summed E-state index contributed by atoms with van der Waals surface area (Å²) in [5, 5.41) is 26.8. The van der Waals surface area contributed by atoms with Crippen LogP contribution < -0.4 is 0 Å². The van der Waals surface area contributed by atoms with Crippen molar-refractivity contribution < 1.29 is 15.0 Å². The minimum Gasteiger partial charge on any atom is -0.481 e. The van der Waals surface area contributed by atoms with E-state index in [4.69, 9.17) is 5.11 Å². The second-order valence-corrected chi connectivity index (χ2v) is 6.15. The molecule has 0 bridgehead atoms. The molecule has 0 saturated heterocycles. The van der Waals surface area contributed by atoms with Gasteiger partial charge in [0.25, 0.3) is 0 Å². The van der Waals surface area contributed by atoms with E-state index in [2.05, 4.69) is 17.1 Å². The van der Waals surface area contributed by atoms with Gasteiger partial charge in [0, 0.05) is 6.04 Å². The number of aliphatic carboxylic acids is 1. The average molecular weight is 299 g/mol. The van der Waals surface area contributed by atoms with E-state index in [1.165, 1.54) is 18.2 Å². The van der Waals surface area contributed by atoms with Crippen LogP contribution in [0.2, 0.25) is 0 Å². The molecule has 2 atom stereocenters. The van der Waals surface area contributed by atoms with Crippen molar-refractivity contribution in [2.75, 3.05) is 5.75 Å². The van der Waals surface area contributed by atoms with E-state index in [9.17, 15) is 9.90 Å². The predicted octanol–water partition coefficient (Wildman–Crippen LogP) is 2.09. The largest absolute Gasteiger partial charge is 0.481 e. The third-order valence-electron chi connectivity index (χ3n) is 3.90. The van der Waals surface area contributed by atoms with Crippen LogP contribution in [0.15, 0.2) is 5.16 Å². The Morgan fingerprint density at radius 2 is 2.25 bits per heavy atom. The number of carboxylic acid groups (broad SMARTS) is 1. The molecule has 0 amide bonds. The van der Waals surface area contributed by atoms with Crippen molar-refractivity contribution in [1.82, 2.24) is 14.8 Å². The Bertz CT molecular complexity index is 464. The van der Waals surface area contributed by atoms with Crippen LogP contribution in [0, 0.1) is 5.92 Å². The zero-order chi connectivity index (χ0) is 14.5. The van der Waals surface area contributed by atoms with Crippen LogP contribution in [0.1, 0.15) is 50.9 Å². The summed E-state index contributed by atoms with van der Waals surface area (Å²) in [7, 11) is 0. The van der Waals surface area contributed by atoms with Crippen LogP contribution in [-0.4, -0.2) is 36.7 Å². The Balaban J connectivity index is 2.18. The van der Waals surface area contributed by atoms with E-state index < -0.39 is 5.97 Å². The third-order valence-corrected chi connectivity index (χ3v) is 4.83. The lowest BCUT2D eigenvalue weighted by molar-refractivity contribution is -0.133. The molecular weight excluding hydrogens is 278 g/mol. The van der Waals surface area contributed by atoms with Crippen molar-refractivity contribution in [2.45, 2.75) is 56.8 Å². The minimum absolute atomic E-state index is 0.0342. The van der Waals surface area contributed by atoms with Crippen LogP contribution in [0.25, 0.3) is 0 Å². The van der Waals surface area contributed by atoms with Crippen molar-refractivity contribution >= 4 is 17.7 Å². The molecule has 20 heavy (non-hydrogen) atoms. The number of aliphatic hydroxyl groups excluding tert-OH is 1. The van der Waals surface area contributed by atoms with Crippen LogP contribution in [0.4, 0.5) is 0 Å². The van der Waals surface area contributed by atoms with Crippen LogP contribution in [0.3, 0.4) is 0 Å². The molecule has 112 valence electrons. The van der Waals surface area contributed by atoms with Crippen molar-refractivity contribution in [3.8, 4) is 0 Å². The normalized spacial score (nSPS) is 22.9. The second-order valence-electron chi connectivity index (χ2n) is 5.20. The van der Waals surface area contributed by atoms with E-state index in [0.29, 0.717) is 16.9 Å². The molecule has 1 heterocycles. The summed E-state index contributed by atoms with van der Waals surface area (Å²) >= 11 is 1.17. The summed E-state index contributed by atoms with van der Waals surface area (Å²) < 4.78 is 1.95. The maximum absolute atomic E-state index is 10.7. The van der Waals surface area contributed by atoms with Crippen LogP contribution in [-0.2, 0) is 11.4 Å². The number of thioether (sulfide) groups is 1. The Kier molecular flexibility index (Phi) is 5.42. The summed E-state index contributed by atoms with van der Waals surface area (Å²) in [6.07, 6.45) is 5.67. The predicted molar refractivity (Wildman–Crippen MR) is 75.6 cm³/mol. The van der Waals surface area contributed by atoms with Gasteiger partial charge in [0.15, 0.2) is 11.0 Å². The van der Waals surface area contributed by atoms with Crippen molar-refractivity contribution in [3.63, 3.8) is 0 Å². The topological polar surface area (TPSA) is 88.2 Å². The van der Waals surface area contributed by atoms with E-state index >= 15 is 0 Å². The molecule has 1 aromatic heterocycles.